The number of aliphatic hydroxyl groups is 1. The SMILES string of the molecule is OC1CC2CCCC12. The van der Waals surface area contributed by atoms with E-state index in [2.05, 4.69) is 0 Å². The van der Waals surface area contributed by atoms with E-state index in [1.165, 1.54) is 19.3 Å². The molecule has 2 fully saturated rings. The lowest BCUT2D eigenvalue weighted by Crippen LogP contribution is -2.37. The molecule has 0 spiro atoms. The second kappa shape index (κ2) is 1.47. The third kappa shape index (κ3) is 0.455. The minimum Gasteiger partial charge on any atom is -0.393 e. The van der Waals surface area contributed by atoms with Crippen molar-refractivity contribution in [2.45, 2.75) is 31.8 Å². The maximum Gasteiger partial charge on any atom is 0.0573 e. The van der Waals surface area contributed by atoms with Crippen LogP contribution in [0.3, 0.4) is 0 Å². The predicted octanol–water partition coefficient (Wildman–Crippen LogP) is 1.17. The van der Waals surface area contributed by atoms with Gasteiger partial charge in [0.25, 0.3) is 0 Å². The van der Waals surface area contributed by atoms with E-state index in [4.69, 9.17) is 5.11 Å². The molecule has 3 unspecified atom stereocenters. The zero-order chi connectivity index (χ0) is 5.56. The fourth-order valence-corrected chi connectivity index (χ4v) is 2.15. The number of hydrogen-bond acceptors (Lipinski definition) is 1. The summed E-state index contributed by atoms with van der Waals surface area (Å²) in [5.74, 6) is 1.64. The first-order chi connectivity index (χ1) is 3.88. The maximum absolute atomic E-state index is 9.12. The summed E-state index contributed by atoms with van der Waals surface area (Å²) in [7, 11) is 0. The lowest BCUT2D eigenvalue weighted by molar-refractivity contribution is -0.0145. The van der Waals surface area contributed by atoms with E-state index >= 15 is 0 Å². The van der Waals surface area contributed by atoms with Gasteiger partial charge in [0, 0.05) is 0 Å². The van der Waals surface area contributed by atoms with Gasteiger partial charge in [0.1, 0.15) is 0 Å². The van der Waals surface area contributed by atoms with Gasteiger partial charge in [-0.3, -0.25) is 0 Å². The molecule has 0 heterocycles. The van der Waals surface area contributed by atoms with Crippen LogP contribution in [0.1, 0.15) is 25.7 Å². The quantitative estimate of drug-likeness (QED) is 0.498. The van der Waals surface area contributed by atoms with Crippen molar-refractivity contribution in [3.05, 3.63) is 0 Å². The molecule has 46 valence electrons. The van der Waals surface area contributed by atoms with Crippen LogP contribution in [0.5, 0.6) is 0 Å². The molecule has 0 aromatic heterocycles. The van der Waals surface area contributed by atoms with Crippen LogP contribution in [0.4, 0.5) is 0 Å². The highest BCUT2D eigenvalue weighted by molar-refractivity contribution is 4.93. The normalized spacial score (nSPS) is 52.9. The minimum atomic E-state index is 0.0856. The summed E-state index contributed by atoms with van der Waals surface area (Å²) < 4.78 is 0. The molecule has 0 radical (unpaired) electrons. The average molecular weight is 112 g/mol. The number of fused-ring (bicyclic) bond motifs is 1. The van der Waals surface area contributed by atoms with Crippen LogP contribution in [0.15, 0.2) is 0 Å². The predicted molar refractivity (Wildman–Crippen MR) is 31.5 cm³/mol. The Hall–Kier alpha value is -0.0400. The highest BCUT2D eigenvalue weighted by Crippen LogP contribution is 2.46. The van der Waals surface area contributed by atoms with E-state index in [9.17, 15) is 0 Å². The smallest absolute Gasteiger partial charge is 0.0573 e. The largest absolute Gasteiger partial charge is 0.393 e. The van der Waals surface area contributed by atoms with Crippen LogP contribution in [0.2, 0.25) is 0 Å². The van der Waals surface area contributed by atoms with Crippen molar-refractivity contribution in [2.75, 3.05) is 0 Å². The van der Waals surface area contributed by atoms with Crippen molar-refractivity contribution in [2.24, 2.45) is 11.8 Å². The molecule has 1 N–H and O–H groups in total. The summed E-state index contributed by atoms with van der Waals surface area (Å²) in [5, 5.41) is 9.12. The number of aliphatic hydroxyl groups excluding tert-OH is 1. The van der Waals surface area contributed by atoms with Crippen molar-refractivity contribution in [3.8, 4) is 0 Å². The Balaban J connectivity index is 2.02. The lowest BCUT2D eigenvalue weighted by Gasteiger charge is -2.36. The Kier molecular flexibility index (Phi) is 0.884. The first-order valence-electron chi connectivity index (χ1n) is 3.56. The Labute approximate surface area is 49.7 Å². The van der Waals surface area contributed by atoms with Crippen LogP contribution in [0.25, 0.3) is 0 Å². The molecule has 1 heteroatoms. The van der Waals surface area contributed by atoms with Crippen LogP contribution in [-0.4, -0.2) is 11.2 Å². The van der Waals surface area contributed by atoms with Gasteiger partial charge in [0.2, 0.25) is 0 Å². The topological polar surface area (TPSA) is 20.2 Å². The molecule has 2 rings (SSSR count). The van der Waals surface area contributed by atoms with Gasteiger partial charge in [0.15, 0.2) is 0 Å². The summed E-state index contributed by atoms with van der Waals surface area (Å²) in [4.78, 5) is 0. The second-order valence-electron chi connectivity index (χ2n) is 3.16. The molecule has 2 aliphatic carbocycles. The van der Waals surface area contributed by atoms with E-state index in [1.54, 1.807) is 0 Å². The molecule has 0 bridgehead atoms. The molecule has 0 aromatic rings. The molecule has 0 aliphatic heterocycles. The van der Waals surface area contributed by atoms with Gasteiger partial charge in [-0.05, 0) is 31.1 Å². The summed E-state index contributed by atoms with van der Waals surface area (Å²) in [6.07, 6.45) is 5.24. The van der Waals surface area contributed by atoms with Crippen molar-refractivity contribution in [1.29, 1.82) is 0 Å². The maximum atomic E-state index is 9.12. The van der Waals surface area contributed by atoms with Crippen LogP contribution >= 0.6 is 0 Å². The van der Waals surface area contributed by atoms with Gasteiger partial charge >= 0.3 is 0 Å². The Bertz CT molecular complexity index is 101. The molecule has 0 saturated heterocycles. The third-order valence-electron chi connectivity index (χ3n) is 2.76. The highest BCUT2D eigenvalue weighted by Gasteiger charge is 2.42. The van der Waals surface area contributed by atoms with Gasteiger partial charge in [-0.15, -0.1) is 0 Å². The molecule has 2 saturated carbocycles. The monoisotopic (exact) mass is 112 g/mol. The van der Waals surface area contributed by atoms with Gasteiger partial charge in [-0.25, -0.2) is 0 Å². The van der Waals surface area contributed by atoms with E-state index in [-0.39, 0.29) is 6.10 Å². The summed E-state index contributed by atoms with van der Waals surface area (Å²) >= 11 is 0. The van der Waals surface area contributed by atoms with E-state index in [0.717, 1.165) is 18.3 Å². The van der Waals surface area contributed by atoms with E-state index in [1.807, 2.05) is 0 Å². The van der Waals surface area contributed by atoms with Crippen molar-refractivity contribution < 1.29 is 5.11 Å². The standard InChI is InChI=1S/C7H12O/c8-7-4-5-2-1-3-6(5)7/h5-8H,1-4H2. The fraction of sp³-hybridized carbons (Fsp3) is 1.00. The van der Waals surface area contributed by atoms with Crippen LogP contribution in [-0.2, 0) is 0 Å². The zero-order valence-electron chi connectivity index (χ0n) is 5.01. The molecule has 3 atom stereocenters. The van der Waals surface area contributed by atoms with Crippen LogP contribution < -0.4 is 0 Å². The van der Waals surface area contributed by atoms with Gasteiger partial charge in [-0.2, -0.15) is 0 Å². The first kappa shape index (κ1) is 4.80. The molecular weight excluding hydrogens is 100 g/mol. The second-order valence-corrected chi connectivity index (χ2v) is 3.16. The number of rotatable bonds is 0. The van der Waals surface area contributed by atoms with Gasteiger partial charge < -0.3 is 5.11 Å². The first-order valence-corrected chi connectivity index (χ1v) is 3.56. The molecular formula is C7H12O. The lowest BCUT2D eigenvalue weighted by atomic mass is 9.74. The molecule has 2 aliphatic rings. The van der Waals surface area contributed by atoms with Crippen molar-refractivity contribution in [1.82, 2.24) is 0 Å². The Morgan fingerprint density at radius 2 is 2.12 bits per heavy atom. The number of hydrogen-bond donors (Lipinski definition) is 1. The Morgan fingerprint density at radius 1 is 1.25 bits per heavy atom. The van der Waals surface area contributed by atoms with E-state index in [0.29, 0.717) is 0 Å². The summed E-state index contributed by atoms with van der Waals surface area (Å²) in [5.41, 5.74) is 0. The van der Waals surface area contributed by atoms with Gasteiger partial charge in [-0.1, -0.05) is 6.42 Å². The molecule has 8 heavy (non-hydrogen) atoms. The van der Waals surface area contributed by atoms with Crippen molar-refractivity contribution >= 4 is 0 Å². The molecule has 0 aromatic carbocycles. The van der Waals surface area contributed by atoms with Crippen LogP contribution in [0, 0.1) is 11.8 Å². The van der Waals surface area contributed by atoms with Crippen molar-refractivity contribution in [3.63, 3.8) is 0 Å². The summed E-state index contributed by atoms with van der Waals surface area (Å²) in [6.45, 7) is 0. The van der Waals surface area contributed by atoms with Gasteiger partial charge in [0.05, 0.1) is 6.10 Å². The third-order valence-corrected chi connectivity index (χ3v) is 2.76. The summed E-state index contributed by atoms with van der Waals surface area (Å²) in [6, 6.07) is 0. The highest BCUT2D eigenvalue weighted by atomic mass is 16.3. The fourth-order valence-electron chi connectivity index (χ4n) is 2.15. The molecule has 0 amide bonds. The minimum absolute atomic E-state index is 0.0856. The van der Waals surface area contributed by atoms with E-state index < -0.39 is 0 Å². The average Bonchev–Trinajstić information content (AvgIpc) is 2.09. The molecule has 1 nitrogen and oxygen atoms in total. The zero-order valence-corrected chi connectivity index (χ0v) is 5.01. The Morgan fingerprint density at radius 3 is 2.62 bits per heavy atom.